The highest BCUT2D eigenvalue weighted by Crippen LogP contribution is 2.20. The van der Waals surface area contributed by atoms with Crippen molar-refractivity contribution in [2.24, 2.45) is 0 Å². The van der Waals surface area contributed by atoms with Crippen LogP contribution in [0.1, 0.15) is 21.5 Å². The molecular weight excluding hydrogens is 328 g/mol. The second-order valence-electron chi connectivity index (χ2n) is 5.28. The lowest BCUT2D eigenvalue weighted by Crippen LogP contribution is -2.20. The first-order valence-electron chi connectivity index (χ1n) is 7.31. The molecule has 2 N–H and O–H groups in total. The van der Waals surface area contributed by atoms with Crippen LogP contribution in [0.4, 0.5) is 5.69 Å². The van der Waals surface area contributed by atoms with E-state index in [1.165, 1.54) is 13.1 Å². The van der Waals surface area contributed by atoms with Crippen molar-refractivity contribution in [1.82, 2.24) is 4.72 Å². The second-order valence-corrected chi connectivity index (χ2v) is 7.13. The number of hydrogen-bond acceptors (Lipinski definition) is 4. The first-order chi connectivity index (χ1) is 11.4. The summed E-state index contributed by atoms with van der Waals surface area (Å²) in [5, 5.41) is 2.72. The average Bonchev–Trinajstić information content (AvgIpc) is 2.57. The van der Waals surface area contributed by atoms with Crippen LogP contribution in [-0.4, -0.2) is 28.5 Å². The number of anilines is 1. The molecule has 0 atom stereocenters. The molecule has 0 heterocycles. The zero-order chi connectivity index (χ0) is 17.7. The van der Waals surface area contributed by atoms with Crippen LogP contribution in [0.15, 0.2) is 47.4 Å². The van der Waals surface area contributed by atoms with Crippen LogP contribution < -0.4 is 10.0 Å². The molecule has 0 radical (unpaired) electrons. The maximum atomic E-state index is 12.4. The molecule has 0 spiro atoms. The third-order valence-corrected chi connectivity index (χ3v) is 5.06. The molecule has 128 valence electrons. The molecule has 0 fully saturated rings. The number of rotatable bonds is 6. The highest BCUT2D eigenvalue weighted by atomic mass is 32.2. The maximum absolute atomic E-state index is 12.4. The van der Waals surface area contributed by atoms with Crippen LogP contribution in [0.25, 0.3) is 0 Å². The van der Waals surface area contributed by atoms with Gasteiger partial charge < -0.3 is 10.1 Å². The summed E-state index contributed by atoms with van der Waals surface area (Å²) in [6.45, 7) is 2.11. The summed E-state index contributed by atoms with van der Waals surface area (Å²) in [6.07, 6.45) is 0. The van der Waals surface area contributed by atoms with E-state index in [0.29, 0.717) is 23.4 Å². The van der Waals surface area contributed by atoms with E-state index < -0.39 is 10.0 Å². The summed E-state index contributed by atoms with van der Waals surface area (Å²) in [5.41, 5.74) is 2.37. The van der Waals surface area contributed by atoms with Gasteiger partial charge in [0.1, 0.15) is 0 Å². The predicted molar refractivity (Wildman–Crippen MR) is 92.5 cm³/mol. The van der Waals surface area contributed by atoms with Crippen LogP contribution >= 0.6 is 0 Å². The fraction of sp³-hybridized carbons (Fsp3) is 0.235. The van der Waals surface area contributed by atoms with Crippen LogP contribution in [0, 0.1) is 6.92 Å². The van der Waals surface area contributed by atoms with Crippen molar-refractivity contribution in [2.45, 2.75) is 18.4 Å². The number of carbonyl (C=O) groups is 1. The lowest BCUT2D eigenvalue weighted by atomic mass is 10.1. The van der Waals surface area contributed by atoms with Gasteiger partial charge in [-0.25, -0.2) is 13.1 Å². The van der Waals surface area contributed by atoms with Crippen molar-refractivity contribution >= 4 is 21.6 Å². The van der Waals surface area contributed by atoms with Gasteiger partial charge in [0.25, 0.3) is 5.91 Å². The van der Waals surface area contributed by atoms with Crippen LogP contribution in [0.5, 0.6) is 0 Å². The van der Waals surface area contributed by atoms with Gasteiger partial charge in [0.05, 0.1) is 11.5 Å². The highest BCUT2D eigenvalue weighted by Gasteiger charge is 2.16. The smallest absolute Gasteiger partial charge is 0.255 e. The molecule has 2 rings (SSSR count). The molecule has 0 aliphatic rings. The minimum absolute atomic E-state index is 0.135. The van der Waals surface area contributed by atoms with Gasteiger partial charge >= 0.3 is 0 Å². The summed E-state index contributed by atoms with van der Waals surface area (Å²) in [4.78, 5) is 12.5. The monoisotopic (exact) mass is 348 g/mol. The van der Waals surface area contributed by atoms with E-state index in [0.717, 1.165) is 5.56 Å². The molecule has 1 amide bonds. The minimum Gasteiger partial charge on any atom is -0.380 e. The summed E-state index contributed by atoms with van der Waals surface area (Å²) >= 11 is 0. The van der Waals surface area contributed by atoms with Gasteiger partial charge in [-0.1, -0.05) is 18.2 Å². The molecule has 0 saturated carbocycles. The van der Waals surface area contributed by atoms with E-state index >= 15 is 0 Å². The quantitative estimate of drug-likeness (QED) is 0.839. The van der Waals surface area contributed by atoms with Crippen molar-refractivity contribution in [3.63, 3.8) is 0 Å². The Morgan fingerprint density at radius 3 is 2.58 bits per heavy atom. The number of ether oxygens (including phenoxy) is 1. The number of methoxy groups -OCH3 is 1. The fourth-order valence-electron chi connectivity index (χ4n) is 2.25. The fourth-order valence-corrected chi connectivity index (χ4v) is 3.24. The lowest BCUT2D eigenvalue weighted by Gasteiger charge is -2.11. The molecule has 7 heteroatoms. The third kappa shape index (κ3) is 4.19. The number of nitrogens with one attached hydrogen (secondary N) is 2. The molecule has 0 unspecified atom stereocenters. The normalized spacial score (nSPS) is 11.3. The Morgan fingerprint density at radius 1 is 1.17 bits per heavy atom. The Bertz CT molecular complexity index is 847. The Hall–Kier alpha value is -2.22. The van der Waals surface area contributed by atoms with Gasteiger partial charge in [-0.05, 0) is 49.4 Å². The van der Waals surface area contributed by atoms with Crippen molar-refractivity contribution in [3.05, 3.63) is 59.2 Å². The number of carbonyl (C=O) groups excluding carboxylic acids is 1. The van der Waals surface area contributed by atoms with E-state index in [1.54, 1.807) is 44.4 Å². The average molecular weight is 348 g/mol. The molecule has 0 aliphatic carbocycles. The van der Waals surface area contributed by atoms with E-state index in [2.05, 4.69) is 10.0 Å². The molecule has 0 aromatic heterocycles. The molecule has 0 aliphatic heterocycles. The Kier molecular flexibility index (Phi) is 5.71. The summed E-state index contributed by atoms with van der Waals surface area (Å²) in [5.74, 6) is -0.315. The van der Waals surface area contributed by atoms with Crippen molar-refractivity contribution in [2.75, 3.05) is 19.5 Å². The molecule has 24 heavy (non-hydrogen) atoms. The zero-order valence-electron chi connectivity index (χ0n) is 13.8. The standard InChI is InChI=1S/C17H20N2O4S/c1-12-7-8-15(10-16(12)24(21,22)18-2)19-17(20)14-6-4-5-13(9-14)11-23-3/h4-10,18H,11H2,1-3H3,(H,19,20). The molecule has 6 nitrogen and oxygen atoms in total. The van der Waals surface area contributed by atoms with E-state index in [4.69, 9.17) is 4.74 Å². The first-order valence-corrected chi connectivity index (χ1v) is 8.79. The van der Waals surface area contributed by atoms with Crippen molar-refractivity contribution in [1.29, 1.82) is 0 Å². The predicted octanol–water partition coefficient (Wildman–Crippen LogP) is 2.30. The van der Waals surface area contributed by atoms with Gasteiger partial charge in [-0.3, -0.25) is 4.79 Å². The number of aryl methyl sites for hydroxylation is 1. The summed E-state index contributed by atoms with van der Waals surface area (Å²) in [7, 11) is -0.649. The Morgan fingerprint density at radius 2 is 1.92 bits per heavy atom. The van der Waals surface area contributed by atoms with E-state index in [9.17, 15) is 13.2 Å². The molecule has 0 saturated heterocycles. The lowest BCUT2D eigenvalue weighted by molar-refractivity contribution is 0.102. The Balaban J connectivity index is 2.27. The highest BCUT2D eigenvalue weighted by molar-refractivity contribution is 7.89. The molecular formula is C17H20N2O4S. The van der Waals surface area contributed by atoms with E-state index in [1.807, 2.05) is 6.07 Å². The van der Waals surface area contributed by atoms with Crippen LogP contribution in [0.3, 0.4) is 0 Å². The molecule has 0 bridgehead atoms. The number of amides is 1. The van der Waals surface area contributed by atoms with Crippen molar-refractivity contribution < 1.29 is 17.9 Å². The second kappa shape index (κ2) is 7.57. The number of hydrogen-bond donors (Lipinski definition) is 2. The topological polar surface area (TPSA) is 84.5 Å². The van der Waals surface area contributed by atoms with Gasteiger partial charge in [0, 0.05) is 18.4 Å². The largest absolute Gasteiger partial charge is 0.380 e. The zero-order valence-corrected chi connectivity index (χ0v) is 14.6. The van der Waals surface area contributed by atoms with E-state index in [-0.39, 0.29) is 10.8 Å². The number of sulfonamides is 1. The SMILES string of the molecule is CNS(=O)(=O)c1cc(NC(=O)c2cccc(COC)c2)ccc1C. The third-order valence-electron chi connectivity index (χ3n) is 3.50. The summed E-state index contributed by atoms with van der Waals surface area (Å²) < 4.78 is 31.3. The maximum Gasteiger partial charge on any atom is 0.255 e. The molecule has 2 aromatic rings. The Labute approximate surface area is 141 Å². The van der Waals surface area contributed by atoms with Gasteiger partial charge in [0.2, 0.25) is 10.0 Å². The first kappa shape index (κ1) is 18.1. The number of benzene rings is 2. The van der Waals surface area contributed by atoms with Gasteiger partial charge in [0.15, 0.2) is 0 Å². The van der Waals surface area contributed by atoms with Gasteiger partial charge in [-0.15, -0.1) is 0 Å². The molecule has 2 aromatic carbocycles. The summed E-state index contributed by atoms with van der Waals surface area (Å²) in [6, 6.07) is 11.8. The minimum atomic E-state index is -3.58. The van der Waals surface area contributed by atoms with Crippen LogP contribution in [-0.2, 0) is 21.4 Å². The van der Waals surface area contributed by atoms with Crippen LogP contribution in [0.2, 0.25) is 0 Å². The van der Waals surface area contributed by atoms with Gasteiger partial charge in [-0.2, -0.15) is 0 Å². The van der Waals surface area contributed by atoms with Crippen molar-refractivity contribution in [3.8, 4) is 0 Å².